The van der Waals surface area contributed by atoms with Crippen LogP contribution in [-0.4, -0.2) is 10.1 Å². The molecule has 2 rings (SSSR count). The fraction of sp³-hybridized carbons (Fsp3) is 0.111. The zero-order valence-electron chi connectivity index (χ0n) is 6.40. The highest BCUT2D eigenvalue weighted by molar-refractivity contribution is 5.15. The van der Waals surface area contributed by atoms with Gasteiger partial charge in [0.2, 0.25) is 0 Å². The number of rotatable bonds is 2. The predicted molar refractivity (Wildman–Crippen MR) is 42.4 cm³/mol. The molecule has 0 fully saturated rings. The highest BCUT2D eigenvalue weighted by atomic mass is 16.5. The molecule has 0 aliphatic heterocycles. The number of aromatic nitrogens is 2. The van der Waals surface area contributed by atoms with Crippen molar-refractivity contribution in [2.24, 2.45) is 0 Å². The molecule has 3 heteroatoms. The molecule has 0 saturated heterocycles. The van der Waals surface area contributed by atoms with Gasteiger partial charge in [-0.05, 0) is 11.6 Å². The van der Waals surface area contributed by atoms with Crippen LogP contribution in [0.3, 0.4) is 0 Å². The summed E-state index contributed by atoms with van der Waals surface area (Å²) in [6, 6.07) is 6.77. The van der Waals surface area contributed by atoms with Crippen LogP contribution in [0.15, 0.2) is 35.3 Å². The second-order valence-electron chi connectivity index (χ2n) is 2.44. The third kappa shape index (κ3) is 1.50. The Morgan fingerprint density at radius 1 is 1.50 bits per heavy atom. The molecule has 0 spiro atoms. The maximum absolute atomic E-state index is 4.66. The Kier molecular flexibility index (Phi) is 1.86. The van der Waals surface area contributed by atoms with Gasteiger partial charge in [-0.15, -0.1) is 0 Å². The molecule has 0 aromatic carbocycles. The molecule has 0 aliphatic rings. The van der Waals surface area contributed by atoms with Crippen molar-refractivity contribution in [3.8, 4) is 0 Å². The molecule has 2 aromatic heterocycles. The first-order valence-corrected chi connectivity index (χ1v) is 3.65. The maximum Gasteiger partial charge on any atom is 0.132 e. The zero-order chi connectivity index (χ0) is 8.23. The summed E-state index contributed by atoms with van der Waals surface area (Å²) < 4.78 is 4.66. The summed E-state index contributed by atoms with van der Waals surface area (Å²) in [5.41, 5.74) is 1.92. The van der Waals surface area contributed by atoms with Crippen molar-refractivity contribution in [3.63, 3.8) is 0 Å². The molecule has 0 bridgehead atoms. The minimum atomic E-state index is 0.727. The van der Waals surface area contributed by atoms with Crippen molar-refractivity contribution in [2.75, 3.05) is 0 Å². The number of pyridine rings is 1. The van der Waals surface area contributed by atoms with Crippen LogP contribution < -0.4 is 0 Å². The Labute approximate surface area is 70.0 Å². The van der Waals surface area contributed by atoms with Gasteiger partial charge in [-0.2, -0.15) is 0 Å². The summed E-state index contributed by atoms with van der Waals surface area (Å²) in [6.45, 7) is 0. The summed E-state index contributed by atoms with van der Waals surface area (Å²) in [7, 11) is 0. The van der Waals surface area contributed by atoms with Crippen LogP contribution in [0.25, 0.3) is 0 Å². The number of hydrogen-bond donors (Lipinski definition) is 0. The molecule has 2 aromatic rings. The van der Waals surface area contributed by atoms with Gasteiger partial charge < -0.3 is 4.52 Å². The van der Waals surface area contributed by atoms with Crippen molar-refractivity contribution >= 4 is 0 Å². The van der Waals surface area contributed by atoms with Gasteiger partial charge in [0.15, 0.2) is 0 Å². The third-order valence-electron chi connectivity index (χ3n) is 1.54. The minimum absolute atomic E-state index is 0.727. The molecule has 3 nitrogen and oxygen atoms in total. The van der Waals surface area contributed by atoms with Crippen molar-refractivity contribution in [2.45, 2.75) is 6.42 Å². The lowest BCUT2D eigenvalue weighted by molar-refractivity contribution is 0.413. The molecule has 12 heavy (non-hydrogen) atoms. The van der Waals surface area contributed by atoms with E-state index in [-0.39, 0.29) is 0 Å². The third-order valence-corrected chi connectivity index (χ3v) is 1.54. The van der Waals surface area contributed by atoms with Crippen molar-refractivity contribution < 1.29 is 4.52 Å². The molecule has 0 N–H and O–H groups in total. The Hall–Kier alpha value is -1.64. The van der Waals surface area contributed by atoms with Gasteiger partial charge in [-0.3, -0.25) is 4.98 Å². The van der Waals surface area contributed by atoms with Crippen LogP contribution in [-0.2, 0) is 6.42 Å². The van der Waals surface area contributed by atoms with E-state index in [9.17, 15) is 0 Å². The smallest absolute Gasteiger partial charge is 0.132 e. The van der Waals surface area contributed by atoms with E-state index in [0.717, 1.165) is 17.7 Å². The lowest BCUT2D eigenvalue weighted by atomic mass is 10.2. The van der Waals surface area contributed by atoms with Crippen LogP contribution in [0.1, 0.15) is 11.3 Å². The van der Waals surface area contributed by atoms with E-state index in [0.29, 0.717) is 0 Å². The topological polar surface area (TPSA) is 38.9 Å². The van der Waals surface area contributed by atoms with Gasteiger partial charge in [-0.1, -0.05) is 11.2 Å². The van der Waals surface area contributed by atoms with Gasteiger partial charge >= 0.3 is 0 Å². The van der Waals surface area contributed by atoms with Crippen molar-refractivity contribution in [1.82, 2.24) is 10.1 Å². The fourth-order valence-corrected chi connectivity index (χ4v) is 0.990. The molecule has 0 aliphatic carbocycles. The van der Waals surface area contributed by atoms with Crippen LogP contribution in [0.2, 0.25) is 0 Å². The molecule has 1 radical (unpaired) electrons. The maximum atomic E-state index is 4.66. The zero-order valence-corrected chi connectivity index (χ0v) is 6.40. The quantitative estimate of drug-likeness (QED) is 0.665. The average Bonchev–Trinajstić information content (AvgIpc) is 2.59. The van der Waals surface area contributed by atoms with E-state index < -0.39 is 0 Å². The predicted octanol–water partition coefficient (Wildman–Crippen LogP) is 1.46. The van der Waals surface area contributed by atoms with E-state index >= 15 is 0 Å². The van der Waals surface area contributed by atoms with Gasteiger partial charge in [0.25, 0.3) is 0 Å². The number of hydrogen-bond acceptors (Lipinski definition) is 3. The summed E-state index contributed by atoms with van der Waals surface area (Å²) in [5, 5.41) is 3.75. The van der Waals surface area contributed by atoms with Gasteiger partial charge in [0.05, 0.1) is 11.8 Å². The van der Waals surface area contributed by atoms with E-state index in [2.05, 4.69) is 20.7 Å². The second-order valence-corrected chi connectivity index (χ2v) is 2.44. The first-order chi connectivity index (χ1) is 5.95. The Morgan fingerprint density at radius 2 is 2.50 bits per heavy atom. The molecular weight excluding hydrogens is 152 g/mol. The molecule has 0 atom stereocenters. The number of nitrogens with zero attached hydrogens (tertiary/aromatic N) is 2. The molecule has 0 unspecified atom stereocenters. The van der Waals surface area contributed by atoms with Gasteiger partial charge in [0, 0.05) is 18.8 Å². The lowest BCUT2D eigenvalue weighted by Gasteiger charge is -1.93. The van der Waals surface area contributed by atoms with E-state index in [4.69, 9.17) is 0 Å². The summed E-state index contributed by atoms with van der Waals surface area (Å²) >= 11 is 0. The molecule has 0 saturated carbocycles. The molecule has 59 valence electrons. The Balaban J connectivity index is 2.15. The van der Waals surface area contributed by atoms with E-state index in [1.165, 1.54) is 6.26 Å². The normalized spacial score (nSPS) is 10.0. The first kappa shape index (κ1) is 7.03. The lowest BCUT2D eigenvalue weighted by Crippen LogP contribution is -1.87. The van der Waals surface area contributed by atoms with E-state index in [1.807, 2.05) is 18.3 Å². The first-order valence-electron chi connectivity index (χ1n) is 3.65. The van der Waals surface area contributed by atoms with Crippen LogP contribution in [0.4, 0.5) is 0 Å². The largest absolute Gasteiger partial charge is 0.364 e. The van der Waals surface area contributed by atoms with Crippen LogP contribution >= 0.6 is 0 Å². The van der Waals surface area contributed by atoms with Gasteiger partial charge in [0.1, 0.15) is 6.26 Å². The highest BCUT2D eigenvalue weighted by Gasteiger charge is 1.98. The molecule has 2 heterocycles. The Morgan fingerprint density at radius 3 is 3.17 bits per heavy atom. The van der Waals surface area contributed by atoms with Crippen LogP contribution in [0, 0.1) is 6.07 Å². The molecule has 0 amide bonds. The van der Waals surface area contributed by atoms with Gasteiger partial charge in [-0.25, -0.2) is 0 Å². The van der Waals surface area contributed by atoms with Crippen LogP contribution in [0.5, 0.6) is 0 Å². The van der Waals surface area contributed by atoms with Crippen molar-refractivity contribution in [1.29, 1.82) is 0 Å². The standard InChI is InChI=1S/C9H7N2O/c1-2-8(7-10-4-1)6-9-3-5-12-11-9/h1-2,4-5,7H,6H2. The van der Waals surface area contributed by atoms with E-state index in [1.54, 1.807) is 6.20 Å². The monoisotopic (exact) mass is 159 g/mol. The fourth-order valence-electron chi connectivity index (χ4n) is 0.990. The summed E-state index contributed by atoms with van der Waals surface area (Å²) in [6.07, 6.45) is 5.73. The second kappa shape index (κ2) is 3.17. The Bertz CT molecular complexity index is 329. The van der Waals surface area contributed by atoms with Crippen molar-refractivity contribution in [3.05, 3.63) is 48.1 Å². The molecular formula is C9H7N2O. The average molecular weight is 159 g/mol. The summed E-state index contributed by atoms with van der Waals surface area (Å²) in [5.74, 6) is 0. The SMILES string of the molecule is [c]1conc1Cc1cccnc1. The summed E-state index contributed by atoms with van der Waals surface area (Å²) in [4.78, 5) is 3.99. The highest BCUT2D eigenvalue weighted by Crippen LogP contribution is 2.03. The minimum Gasteiger partial charge on any atom is -0.364 e.